The minimum Gasteiger partial charge on any atom is -0.348 e. The Morgan fingerprint density at radius 1 is 1.25 bits per heavy atom. The molecule has 1 aliphatic carbocycles. The van der Waals surface area contributed by atoms with Gasteiger partial charge in [-0.15, -0.1) is 0 Å². The van der Waals surface area contributed by atoms with Crippen LogP contribution in [0.15, 0.2) is 11.6 Å². The number of hydrogen-bond acceptors (Lipinski definition) is 5. The molecule has 20 heavy (non-hydrogen) atoms. The number of ketones is 1. The summed E-state index contributed by atoms with van der Waals surface area (Å²) in [5, 5.41) is 0. The lowest BCUT2D eigenvalue weighted by Gasteiger charge is -2.50. The van der Waals surface area contributed by atoms with Gasteiger partial charge in [0.15, 0.2) is 5.78 Å². The van der Waals surface area contributed by atoms with Crippen LogP contribution in [-0.2, 0) is 23.7 Å². The molecule has 0 spiro atoms. The molecule has 0 unspecified atom stereocenters. The zero-order valence-electron chi connectivity index (χ0n) is 12.6. The Bertz CT molecular complexity index is 392. The molecule has 1 saturated heterocycles. The van der Waals surface area contributed by atoms with Crippen LogP contribution in [0.25, 0.3) is 0 Å². The van der Waals surface area contributed by atoms with E-state index in [1.807, 2.05) is 0 Å². The normalized spacial score (nSPS) is 34.4. The molecule has 2 rings (SSSR count). The third-order valence-electron chi connectivity index (χ3n) is 4.10. The van der Waals surface area contributed by atoms with Crippen molar-refractivity contribution in [1.29, 1.82) is 0 Å². The van der Waals surface area contributed by atoms with Crippen LogP contribution in [0.1, 0.15) is 39.0 Å². The summed E-state index contributed by atoms with van der Waals surface area (Å²) in [7, 11) is 3.16. The second kappa shape index (κ2) is 6.35. The molecule has 5 heteroatoms. The van der Waals surface area contributed by atoms with Crippen LogP contribution in [0, 0.1) is 0 Å². The maximum atomic E-state index is 12.0. The van der Waals surface area contributed by atoms with Crippen molar-refractivity contribution in [2.45, 2.75) is 50.6 Å². The summed E-state index contributed by atoms with van der Waals surface area (Å²) in [4.78, 5) is 12.0. The first-order chi connectivity index (χ1) is 9.64. The number of unbranched alkanes of at least 4 members (excludes halogenated alkanes) is 1. The number of methoxy groups -OCH3 is 2. The Morgan fingerprint density at radius 2 is 2.00 bits per heavy atom. The van der Waals surface area contributed by atoms with Crippen molar-refractivity contribution in [3.8, 4) is 0 Å². The first-order valence-corrected chi connectivity index (χ1v) is 7.26. The van der Waals surface area contributed by atoms with E-state index >= 15 is 0 Å². The summed E-state index contributed by atoms with van der Waals surface area (Å²) in [5.74, 6) is -2.07. The predicted molar refractivity (Wildman–Crippen MR) is 73.2 cm³/mol. The SMILES string of the molecule is CCCCC1=CC(=O)CC[C@@]2(OC)OCCO[C@]12OC. The second-order valence-electron chi connectivity index (χ2n) is 5.21. The quantitative estimate of drug-likeness (QED) is 0.774. The molecule has 0 radical (unpaired) electrons. The average molecular weight is 284 g/mol. The molecule has 1 fully saturated rings. The number of carbonyl (C=O) groups excluding carboxylic acids is 1. The number of ether oxygens (including phenoxy) is 4. The van der Waals surface area contributed by atoms with Crippen LogP contribution in [0.5, 0.6) is 0 Å². The zero-order valence-corrected chi connectivity index (χ0v) is 12.6. The first-order valence-electron chi connectivity index (χ1n) is 7.26. The molecule has 5 nitrogen and oxygen atoms in total. The fourth-order valence-electron chi connectivity index (χ4n) is 3.07. The standard InChI is InChI=1S/C15H24O5/c1-4-5-6-12-11-13(16)7-8-14(17-2)15(12,18-3)20-10-9-19-14/h11H,4-10H2,1-3H3/t14-,15-/m1/s1. The van der Waals surface area contributed by atoms with Gasteiger partial charge in [0, 0.05) is 27.1 Å². The highest BCUT2D eigenvalue weighted by molar-refractivity contribution is 5.91. The topological polar surface area (TPSA) is 54.0 Å². The molecule has 2 aliphatic rings. The summed E-state index contributed by atoms with van der Waals surface area (Å²) >= 11 is 0. The molecular formula is C15H24O5. The van der Waals surface area contributed by atoms with Crippen LogP contribution in [0.4, 0.5) is 0 Å². The molecule has 2 atom stereocenters. The van der Waals surface area contributed by atoms with E-state index in [1.54, 1.807) is 20.3 Å². The number of fused-ring (bicyclic) bond motifs is 1. The van der Waals surface area contributed by atoms with E-state index in [0.29, 0.717) is 26.1 Å². The maximum Gasteiger partial charge on any atom is 0.247 e. The van der Waals surface area contributed by atoms with E-state index in [4.69, 9.17) is 18.9 Å². The molecule has 1 aliphatic heterocycles. The largest absolute Gasteiger partial charge is 0.348 e. The van der Waals surface area contributed by atoms with E-state index in [-0.39, 0.29) is 5.78 Å². The fraction of sp³-hybridized carbons (Fsp3) is 0.800. The van der Waals surface area contributed by atoms with Crippen LogP contribution >= 0.6 is 0 Å². The molecule has 0 amide bonds. The van der Waals surface area contributed by atoms with E-state index in [9.17, 15) is 4.79 Å². The van der Waals surface area contributed by atoms with Gasteiger partial charge in [0.25, 0.3) is 0 Å². The Hall–Kier alpha value is -0.750. The lowest BCUT2D eigenvalue weighted by atomic mass is 9.90. The molecule has 114 valence electrons. The Labute approximate surface area is 120 Å². The minimum absolute atomic E-state index is 0.0746. The van der Waals surface area contributed by atoms with Gasteiger partial charge in [0.1, 0.15) is 0 Å². The summed E-state index contributed by atoms with van der Waals surface area (Å²) in [6.45, 7) is 2.98. The van der Waals surface area contributed by atoms with Gasteiger partial charge in [0.2, 0.25) is 11.6 Å². The molecule has 0 N–H and O–H groups in total. The van der Waals surface area contributed by atoms with E-state index in [2.05, 4.69) is 6.92 Å². The van der Waals surface area contributed by atoms with Crippen molar-refractivity contribution >= 4 is 5.78 Å². The summed E-state index contributed by atoms with van der Waals surface area (Å²) in [6.07, 6.45) is 5.21. The molecule has 0 aromatic carbocycles. The highest BCUT2D eigenvalue weighted by Gasteiger charge is 2.60. The van der Waals surface area contributed by atoms with E-state index in [1.165, 1.54) is 0 Å². The maximum absolute atomic E-state index is 12.0. The van der Waals surface area contributed by atoms with Gasteiger partial charge in [-0.1, -0.05) is 13.3 Å². The van der Waals surface area contributed by atoms with Crippen molar-refractivity contribution in [1.82, 2.24) is 0 Å². The van der Waals surface area contributed by atoms with Crippen LogP contribution in [-0.4, -0.2) is 44.8 Å². The second-order valence-corrected chi connectivity index (χ2v) is 5.21. The zero-order chi connectivity index (χ0) is 14.6. The Balaban J connectivity index is 2.46. The minimum atomic E-state index is -1.11. The Morgan fingerprint density at radius 3 is 2.65 bits per heavy atom. The molecule has 0 bridgehead atoms. The fourth-order valence-corrected chi connectivity index (χ4v) is 3.07. The molecule has 0 aromatic rings. The van der Waals surface area contributed by atoms with Gasteiger partial charge in [-0.3, -0.25) is 4.79 Å². The van der Waals surface area contributed by atoms with Gasteiger partial charge in [-0.25, -0.2) is 0 Å². The summed E-state index contributed by atoms with van der Waals surface area (Å²) in [5.41, 5.74) is 0.825. The van der Waals surface area contributed by atoms with Gasteiger partial charge in [0.05, 0.1) is 13.2 Å². The molecule has 1 heterocycles. The van der Waals surface area contributed by atoms with Crippen molar-refractivity contribution in [2.75, 3.05) is 27.4 Å². The van der Waals surface area contributed by atoms with Crippen molar-refractivity contribution in [3.05, 3.63) is 11.6 Å². The lowest BCUT2D eigenvalue weighted by Crippen LogP contribution is -2.64. The first kappa shape index (κ1) is 15.6. The highest BCUT2D eigenvalue weighted by atomic mass is 16.8. The lowest BCUT2D eigenvalue weighted by molar-refractivity contribution is -0.415. The predicted octanol–water partition coefficient (Wildman–Crippen LogP) is 2.20. The average Bonchev–Trinajstić information content (AvgIpc) is 2.61. The number of rotatable bonds is 5. The summed E-state index contributed by atoms with van der Waals surface area (Å²) < 4.78 is 23.2. The Kier molecular flexibility index (Phi) is 4.96. The van der Waals surface area contributed by atoms with Gasteiger partial charge in [-0.2, -0.15) is 0 Å². The number of allylic oxidation sites excluding steroid dienone is 1. The highest BCUT2D eigenvalue weighted by Crippen LogP contribution is 2.46. The van der Waals surface area contributed by atoms with Gasteiger partial charge < -0.3 is 18.9 Å². The molecule has 0 aromatic heterocycles. The smallest absolute Gasteiger partial charge is 0.247 e. The third kappa shape index (κ3) is 2.44. The molecular weight excluding hydrogens is 260 g/mol. The monoisotopic (exact) mass is 284 g/mol. The van der Waals surface area contributed by atoms with Gasteiger partial charge in [-0.05, 0) is 24.5 Å². The number of carbonyl (C=O) groups is 1. The number of hydrogen-bond donors (Lipinski definition) is 0. The molecule has 0 saturated carbocycles. The van der Waals surface area contributed by atoms with Crippen molar-refractivity contribution in [3.63, 3.8) is 0 Å². The third-order valence-corrected chi connectivity index (χ3v) is 4.10. The van der Waals surface area contributed by atoms with E-state index in [0.717, 1.165) is 24.8 Å². The van der Waals surface area contributed by atoms with Crippen molar-refractivity contribution < 1.29 is 23.7 Å². The summed E-state index contributed by atoms with van der Waals surface area (Å²) in [6, 6.07) is 0. The van der Waals surface area contributed by atoms with Crippen LogP contribution in [0.3, 0.4) is 0 Å². The van der Waals surface area contributed by atoms with Crippen LogP contribution < -0.4 is 0 Å². The van der Waals surface area contributed by atoms with Crippen molar-refractivity contribution in [2.24, 2.45) is 0 Å². The van der Waals surface area contributed by atoms with Gasteiger partial charge >= 0.3 is 0 Å². The van der Waals surface area contributed by atoms with E-state index < -0.39 is 11.6 Å². The van der Waals surface area contributed by atoms with Crippen LogP contribution in [0.2, 0.25) is 0 Å².